The Bertz CT molecular complexity index is 1410. The average molecular weight is 501 g/mol. The molecule has 0 fully saturated rings. The molecule has 0 bridgehead atoms. The van der Waals surface area contributed by atoms with Crippen molar-refractivity contribution < 1.29 is 18.7 Å². The maximum Gasteiger partial charge on any atom is 0.222 e. The predicted octanol–water partition coefficient (Wildman–Crippen LogP) is 4.53. The minimum absolute atomic E-state index is 0.0862. The zero-order valence-electron chi connectivity index (χ0n) is 20.9. The van der Waals surface area contributed by atoms with Crippen molar-refractivity contribution in [1.82, 2.24) is 14.9 Å². The Balaban J connectivity index is 1.50. The van der Waals surface area contributed by atoms with Crippen LogP contribution < -0.4 is 10.5 Å². The summed E-state index contributed by atoms with van der Waals surface area (Å²) in [5.41, 5.74) is 9.54. The molecule has 0 saturated carbocycles. The lowest BCUT2D eigenvalue weighted by Gasteiger charge is -2.16. The number of ether oxygens (including phenoxy) is 1. The molecule has 2 aromatic heterocycles. The smallest absolute Gasteiger partial charge is 0.222 e. The van der Waals surface area contributed by atoms with E-state index in [4.69, 9.17) is 15.5 Å². The number of rotatable bonds is 10. The number of carbonyl (C=O) groups is 2. The molecule has 4 rings (SSSR count). The normalized spacial score (nSPS) is 11.8. The van der Waals surface area contributed by atoms with Crippen molar-refractivity contribution in [2.24, 2.45) is 11.7 Å². The van der Waals surface area contributed by atoms with E-state index in [1.807, 2.05) is 42.5 Å². The first-order chi connectivity index (χ1) is 17.8. The monoisotopic (exact) mass is 500 g/mol. The molecule has 0 aliphatic carbocycles. The van der Waals surface area contributed by atoms with Crippen LogP contribution in [0.1, 0.15) is 24.0 Å². The fourth-order valence-electron chi connectivity index (χ4n) is 4.13. The van der Waals surface area contributed by atoms with Crippen molar-refractivity contribution >= 4 is 22.7 Å². The molecular weight excluding hydrogens is 471 g/mol. The van der Waals surface area contributed by atoms with Crippen LogP contribution in [0.2, 0.25) is 0 Å². The number of halogens is 1. The SMILES string of the molecule is CN(C)C(=O)CC[C@H](Cc1ccc(OCc2cc(-c3ccncc3)nc3ccccc23)c(F)c1)C(N)=O. The number of fused-ring (bicyclic) bond motifs is 1. The summed E-state index contributed by atoms with van der Waals surface area (Å²) in [5, 5.41) is 0.925. The third-order valence-corrected chi connectivity index (χ3v) is 6.25. The molecule has 0 saturated heterocycles. The molecule has 0 spiro atoms. The van der Waals surface area contributed by atoms with Gasteiger partial charge in [-0.15, -0.1) is 0 Å². The zero-order valence-corrected chi connectivity index (χ0v) is 20.9. The van der Waals surface area contributed by atoms with Gasteiger partial charge in [-0.3, -0.25) is 14.6 Å². The fraction of sp³-hybridized carbons (Fsp3) is 0.241. The molecule has 2 N–H and O–H groups in total. The topological polar surface area (TPSA) is 98.4 Å². The number of amides is 2. The number of hydrogen-bond donors (Lipinski definition) is 1. The molecule has 37 heavy (non-hydrogen) atoms. The van der Waals surface area contributed by atoms with E-state index < -0.39 is 17.6 Å². The number of primary amides is 1. The molecule has 7 nitrogen and oxygen atoms in total. The van der Waals surface area contributed by atoms with E-state index in [2.05, 4.69) is 4.98 Å². The third-order valence-electron chi connectivity index (χ3n) is 6.25. The summed E-state index contributed by atoms with van der Waals surface area (Å²) in [5.74, 6) is -1.59. The molecule has 190 valence electrons. The number of hydrogen-bond acceptors (Lipinski definition) is 5. The Labute approximate surface area is 215 Å². The van der Waals surface area contributed by atoms with Crippen molar-refractivity contribution in [3.63, 3.8) is 0 Å². The standard InChI is InChI=1S/C29H29FN4O3/c1-34(2)28(35)10-8-21(29(31)36)15-19-7-9-27(24(30)16-19)37-18-22-17-26(20-11-13-32-14-12-20)33-25-6-4-3-5-23(22)25/h3-7,9,11-14,16-17,21H,8,10,15,18H2,1-2H3,(H2,31,36)/t21-/m1/s1. The van der Waals surface area contributed by atoms with Gasteiger partial charge in [0.25, 0.3) is 0 Å². The van der Waals surface area contributed by atoms with Gasteiger partial charge < -0.3 is 15.4 Å². The third kappa shape index (κ3) is 6.46. The second kappa shape index (κ2) is 11.6. The predicted molar refractivity (Wildman–Crippen MR) is 140 cm³/mol. The minimum atomic E-state index is -0.565. The molecular formula is C29H29FN4O3. The molecule has 0 aliphatic rings. The Morgan fingerprint density at radius 3 is 2.51 bits per heavy atom. The Hall–Kier alpha value is -4.33. The Morgan fingerprint density at radius 1 is 1.05 bits per heavy atom. The van der Waals surface area contributed by atoms with Gasteiger partial charge in [-0.1, -0.05) is 24.3 Å². The number of nitrogens with zero attached hydrogens (tertiary/aromatic N) is 3. The number of nitrogens with two attached hydrogens (primary N) is 1. The average Bonchev–Trinajstić information content (AvgIpc) is 2.90. The van der Waals surface area contributed by atoms with Gasteiger partial charge in [0, 0.05) is 55.3 Å². The number of carbonyl (C=O) groups excluding carboxylic acids is 2. The van der Waals surface area contributed by atoms with Crippen LogP contribution in [0.3, 0.4) is 0 Å². The maximum absolute atomic E-state index is 15.0. The van der Waals surface area contributed by atoms with Crippen molar-refractivity contribution in [3.05, 3.63) is 90.0 Å². The summed E-state index contributed by atoms with van der Waals surface area (Å²) >= 11 is 0. The molecule has 0 unspecified atom stereocenters. The highest BCUT2D eigenvalue weighted by Gasteiger charge is 2.19. The first-order valence-corrected chi connectivity index (χ1v) is 12.0. The van der Waals surface area contributed by atoms with E-state index in [-0.39, 0.29) is 31.1 Å². The van der Waals surface area contributed by atoms with Crippen molar-refractivity contribution in [2.75, 3.05) is 14.1 Å². The molecule has 4 aromatic rings. The highest BCUT2D eigenvalue weighted by molar-refractivity contribution is 5.85. The van der Waals surface area contributed by atoms with Gasteiger partial charge in [0.05, 0.1) is 11.2 Å². The summed E-state index contributed by atoms with van der Waals surface area (Å²) in [6, 6.07) is 18.1. The quantitative estimate of drug-likeness (QED) is 0.345. The van der Waals surface area contributed by atoms with Crippen LogP contribution in [-0.2, 0) is 22.6 Å². The van der Waals surface area contributed by atoms with Gasteiger partial charge in [-0.2, -0.15) is 0 Å². The zero-order chi connectivity index (χ0) is 26.4. The minimum Gasteiger partial charge on any atom is -0.486 e. The number of benzene rings is 2. The summed E-state index contributed by atoms with van der Waals surface area (Å²) in [6.07, 6.45) is 4.18. The van der Waals surface area contributed by atoms with Crippen LogP contribution in [0.4, 0.5) is 4.39 Å². The van der Waals surface area contributed by atoms with Crippen molar-refractivity contribution in [2.45, 2.75) is 25.9 Å². The van der Waals surface area contributed by atoms with Gasteiger partial charge in [-0.25, -0.2) is 9.37 Å². The van der Waals surface area contributed by atoms with E-state index in [0.29, 0.717) is 12.0 Å². The first kappa shape index (κ1) is 25.8. The van der Waals surface area contributed by atoms with Crippen LogP contribution in [0, 0.1) is 11.7 Å². The van der Waals surface area contributed by atoms with Crippen molar-refractivity contribution in [1.29, 1.82) is 0 Å². The highest BCUT2D eigenvalue weighted by atomic mass is 19.1. The molecule has 8 heteroatoms. The number of aromatic nitrogens is 2. The van der Waals surface area contributed by atoms with Crippen LogP contribution in [0.25, 0.3) is 22.2 Å². The van der Waals surface area contributed by atoms with E-state index in [1.54, 1.807) is 38.6 Å². The molecule has 0 aliphatic heterocycles. The Kier molecular flexibility index (Phi) is 8.08. The first-order valence-electron chi connectivity index (χ1n) is 12.0. The highest BCUT2D eigenvalue weighted by Crippen LogP contribution is 2.27. The maximum atomic E-state index is 15.0. The fourth-order valence-corrected chi connectivity index (χ4v) is 4.13. The van der Waals surface area contributed by atoms with Crippen LogP contribution in [-0.4, -0.2) is 40.8 Å². The summed E-state index contributed by atoms with van der Waals surface area (Å²) in [4.78, 5) is 34.1. The Morgan fingerprint density at radius 2 is 1.81 bits per heavy atom. The summed E-state index contributed by atoms with van der Waals surface area (Å²) in [7, 11) is 3.31. The van der Waals surface area contributed by atoms with E-state index in [0.717, 1.165) is 27.7 Å². The lowest BCUT2D eigenvalue weighted by Crippen LogP contribution is -2.28. The molecule has 1 atom stereocenters. The van der Waals surface area contributed by atoms with Crippen molar-refractivity contribution in [3.8, 4) is 17.0 Å². The molecule has 2 amide bonds. The number of pyridine rings is 2. The second-order valence-electron chi connectivity index (χ2n) is 9.10. The van der Waals surface area contributed by atoms with Crippen LogP contribution in [0.15, 0.2) is 73.1 Å². The van der Waals surface area contributed by atoms with Gasteiger partial charge in [0.1, 0.15) is 6.61 Å². The van der Waals surface area contributed by atoms with Gasteiger partial charge in [0.15, 0.2) is 11.6 Å². The van der Waals surface area contributed by atoms with Gasteiger partial charge >= 0.3 is 0 Å². The molecule has 2 aromatic carbocycles. The molecule has 0 radical (unpaired) electrons. The van der Waals surface area contributed by atoms with Crippen LogP contribution >= 0.6 is 0 Å². The second-order valence-corrected chi connectivity index (χ2v) is 9.10. The summed E-state index contributed by atoms with van der Waals surface area (Å²) in [6.45, 7) is 0.147. The summed E-state index contributed by atoms with van der Waals surface area (Å²) < 4.78 is 20.8. The largest absolute Gasteiger partial charge is 0.486 e. The van der Waals surface area contributed by atoms with E-state index in [1.165, 1.54) is 11.0 Å². The van der Waals surface area contributed by atoms with Gasteiger partial charge in [-0.05, 0) is 54.8 Å². The van der Waals surface area contributed by atoms with Crippen LogP contribution in [0.5, 0.6) is 5.75 Å². The lowest BCUT2D eigenvalue weighted by molar-refractivity contribution is -0.129. The van der Waals surface area contributed by atoms with E-state index in [9.17, 15) is 14.0 Å². The molecule has 2 heterocycles. The van der Waals surface area contributed by atoms with E-state index >= 15 is 0 Å². The van der Waals surface area contributed by atoms with Gasteiger partial charge in [0.2, 0.25) is 11.8 Å². The number of para-hydroxylation sites is 1. The lowest BCUT2D eigenvalue weighted by atomic mass is 9.93.